The molecule has 0 aliphatic carbocycles. The van der Waals surface area contributed by atoms with Crippen molar-refractivity contribution in [1.29, 1.82) is 0 Å². The molecule has 0 aromatic heterocycles. The van der Waals surface area contributed by atoms with Crippen LogP contribution in [0, 0.1) is 0 Å². The number of carbonyl (C=O) groups is 2. The average molecular weight is 216 g/mol. The molecule has 0 saturated carbocycles. The van der Waals surface area contributed by atoms with Gasteiger partial charge in [0.25, 0.3) is 0 Å². The minimum Gasteiger partial charge on any atom is -0.478 e. The second-order valence-electron chi connectivity index (χ2n) is 2.63. The predicted octanol–water partition coefficient (Wildman–Crippen LogP) is 1.05. The Bertz CT molecular complexity index is 232. The van der Waals surface area contributed by atoms with Crippen LogP contribution < -0.4 is 0 Å². The van der Waals surface area contributed by atoms with E-state index < -0.39 is 11.9 Å². The number of rotatable bonds is 6. The van der Waals surface area contributed by atoms with Crippen molar-refractivity contribution >= 4 is 11.9 Å². The third-order valence-corrected chi connectivity index (χ3v) is 1.36. The minimum atomic E-state index is -0.981. The molecule has 5 nitrogen and oxygen atoms in total. The number of aliphatic hydroxyl groups is 1. The number of carboxylic acid groups (broad SMARTS) is 2. The van der Waals surface area contributed by atoms with Crippen molar-refractivity contribution in [3.05, 3.63) is 24.8 Å². The lowest BCUT2D eigenvalue weighted by atomic mass is 10.1. The lowest BCUT2D eigenvalue weighted by molar-refractivity contribution is -0.133. The van der Waals surface area contributed by atoms with Gasteiger partial charge in [0.15, 0.2) is 0 Å². The molecule has 15 heavy (non-hydrogen) atoms. The Balaban J connectivity index is 0. The Hall–Kier alpha value is -1.62. The maximum absolute atomic E-state index is 10.1. The average Bonchev–Trinajstić information content (AvgIpc) is 2.18. The van der Waals surface area contributed by atoms with Crippen LogP contribution in [-0.4, -0.2) is 33.9 Å². The first-order chi connectivity index (χ1) is 6.95. The van der Waals surface area contributed by atoms with Gasteiger partial charge in [-0.05, 0) is 19.3 Å². The number of hydrogen-bond donors (Lipinski definition) is 3. The molecule has 0 aliphatic rings. The first-order valence-electron chi connectivity index (χ1n) is 4.33. The fraction of sp³-hybridized carbons (Fsp3) is 0.400. The molecular weight excluding hydrogens is 200 g/mol. The molecule has 0 aromatic rings. The molecule has 0 unspecified atom stereocenters. The van der Waals surface area contributed by atoms with Gasteiger partial charge >= 0.3 is 11.9 Å². The Morgan fingerprint density at radius 2 is 1.67 bits per heavy atom. The maximum Gasteiger partial charge on any atom is 0.330 e. The molecule has 0 heterocycles. The van der Waals surface area contributed by atoms with Gasteiger partial charge in [0.1, 0.15) is 0 Å². The number of aliphatic hydroxyl groups excluding tert-OH is 1. The summed E-state index contributed by atoms with van der Waals surface area (Å²) in [5, 5.41) is 24.3. The zero-order chi connectivity index (χ0) is 12.3. The number of carboxylic acids is 2. The van der Waals surface area contributed by atoms with Crippen molar-refractivity contribution in [2.45, 2.75) is 19.3 Å². The molecule has 0 atom stereocenters. The second kappa shape index (κ2) is 10.5. The van der Waals surface area contributed by atoms with Gasteiger partial charge in [-0.25, -0.2) is 9.59 Å². The molecule has 0 amide bonds. The summed E-state index contributed by atoms with van der Waals surface area (Å²) >= 11 is 0. The smallest absolute Gasteiger partial charge is 0.330 e. The van der Waals surface area contributed by atoms with Gasteiger partial charge in [0.05, 0.1) is 0 Å². The zero-order valence-corrected chi connectivity index (χ0v) is 8.48. The molecular formula is C10H16O5. The summed E-state index contributed by atoms with van der Waals surface area (Å²) in [5.41, 5.74) is 0.216. The lowest BCUT2D eigenvalue weighted by Crippen LogP contribution is -1.98. The normalized spacial score (nSPS) is 8.33. The summed E-state index contributed by atoms with van der Waals surface area (Å²) in [7, 11) is 0. The first kappa shape index (κ1) is 15.8. The second-order valence-corrected chi connectivity index (χ2v) is 2.63. The summed E-state index contributed by atoms with van der Waals surface area (Å²) in [6, 6.07) is 0. The highest BCUT2D eigenvalue weighted by Gasteiger charge is 2.01. The Labute approximate surface area is 88.4 Å². The van der Waals surface area contributed by atoms with Crippen molar-refractivity contribution in [1.82, 2.24) is 0 Å². The number of hydrogen-bond acceptors (Lipinski definition) is 3. The van der Waals surface area contributed by atoms with Crippen LogP contribution in [0.3, 0.4) is 0 Å². The van der Waals surface area contributed by atoms with Crippen LogP contribution in [0.4, 0.5) is 0 Å². The topological polar surface area (TPSA) is 94.8 Å². The van der Waals surface area contributed by atoms with E-state index in [4.69, 9.17) is 15.3 Å². The van der Waals surface area contributed by atoms with Crippen molar-refractivity contribution in [2.75, 3.05) is 6.61 Å². The minimum absolute atomic E-state index is 0.118. The molecule has 86 valence electrons. The summed E-state index contributed by atoms with van der Waals surface area (Å²) in [4.78, 5) is 19.4. The summed E-state index contributed by atoms with van der Waals surface area (Å²) in [6.07, 6.45) is 2.64. The molecule has 0 saturated heterocycles. The van der Waals surface area contributed by atoms with Gasteiger partial charge in [0.2, 0.25) is 0 Å². The first-order valence-corrected chi connectivity index (χ1v) is 4.33. The van der Waals surface area contributed by atoms with E-state index in [0.717, 1.165) is 6.08 Å². The summed E-state index contributed by atoms with van der Waals surface area (Å²) in [5.74, 6) is -1.93. The van der Waals surface area contributed by atoms with Crippen molar-refractivity contribution < 1.29 is 24.9 Å². The summed E-state index contributed by atoms with van der Waals surface area (Å²) < 4.78 is 0. The van der Waals surface area contributed by atoms with Crippen LogP contribution in [0.1, 0.15) is 19.3 Å². The molecule has 3 N–H and O–H groups in total. The third kappa shape index (κ3) is 15.2. The number of aliphatic carboxylic acids is 2. The lowest BCUT2D eigenvalue weighted by Gasteiger charge is -1.96. The van der Waals surface area contributed by atoms with E-state index >= 15 is 0 Å². The van der Waals surface area contributed by atoms with Gasteiger partial charge in [-0.1, -0.05) is 13.2 Å². The van der Waals surface area contributed by atoms with E-state index in [0.29, 0.717) is 19.3 Å². The van der Waals surface area contributed by atoms with E-state index in [2.05, 4.69) is 13.2 Å². The molecule has 0 bridgehead atoms. The van der Waals surface area contributed by atoms with Crippen LogP contribution >= 0.6 is 0 Å². The molecule has 0 rings (SSSR count). The van der Waals surface area contributed by atoms with E-state index in [-0.39, 0.29) is 12.2 Å². The van der Waals surface area contributed by atoms with Crippen LogP contribution in [0.5, 0.6) is 0 Å². The quantitative estimate of drug-likeness (QED) is 0.455. The Kier molecular flexibility index (Phi) is 11.0. The van der Waals surface area contributed by atoms with E-state index in [1.807, 2.05) is 0 Å². The number of unbranched alkanes of at least 4 members (excludes halogenated alkanes) is 1. The molecule has 5 heteroatoms. The van der Waals surface area contributed by atoms with Gasteiger partial charge in [-0.3, -0.25) is 0 Å². The molecule has 0 aromatic carbocycles. The van der Waals surface area contributed by atoms with E-state index in [9.17, 15) is 9.59 Å². The van der Waals surface area contributed by atoms with E-state index in [1.54, 1.807) is 0 Å². The predicted molar refractivity (Wildman–Crippen MR) is 55.5 cm³/mol. The van der Waals surface area contributed by atoms with Gasteiger partial charge in [0, 0.05) is 18.3 Å². The van der Waals surface area contributed by atoms with Crippen molar-refractivity contribution in [2.24, 2.45) is 0 Å². The van der Waals surface area contributed by atoms with Crippen LogP contribution in [-0.2, 0) is 9.59 Å². The standard InChI is InChI=1S/C7H12O3.C3H4O2/c1-6(7(9)10)4-2-3-5-8;1-2-3(4)5/h8H,1-5H2,(H,9,10);2H,1H2,(H,4,5). The van der Waals surface area contributed by atoms with Crippen LogP contribution in [0.25, 0.3) is 0 Å². The highest BCUT2D eigenvalue weighted by Crippen LogP contribution is 2.03. The van der Waals surface area contributed by atoms with Crippen molar-refractivity contribution in [3.8, 4) is 0 Å². The molecule has 0 spiro atoms. The van der Waals surface area contributed by atoms with Crippen LogP contribution in [0.2, 0.25) is 0 Å². The van der Waals surface area contributed by atoms with Gasteiger partial charge < -0.3 is 15.3 Å². The monoisotopic (exact) mass is 216 g/mol. The fourth-order valence-electron chi connectivity index (χ4n) is 0.557. The van der Waals surface area contributed by atoms with Crippen LogP contribution in [0.15, 0.2) is 24.8 Å². The highest BCUT2D eigenvalue weighted by molar-refractivity contribution is 5.85. The fourth-order valence-corrected chi connectivity index (χ4v) is 0.557. The Morgan fingerprint density at radius 1 is 1.20 bits per heavy atom. The van der Waals surface area contributed by atoms with Crippen molar-refractivity contribution in [3.63, 3.8) is 0 Å². The zero-order valence-electron chi connectivity index (χ0n) is 8.48. The maximum atomic E-state index is 10.1. The summed E-state index contributed by atoms with van der Waals surface area (Å²) in [6.45, 7) is 6.42. The highest BCUT2D eigenvalue weighted by atomic mass is 16.4. The SMILES string of the molecule is C=C(CCCCO)C(=O)O.C=CC(=O)O. The van der Waals surface area contributed by atoms with Gasteiger partial charge in [-0.2, -0.15) is 0 Å². The molecule has 0 aliphatic heterocycles. The molecule has 0 radical (unpaired) electrons. The molecule has 0 fully saturated rings. The van der Waals surface area contributed by atoms with Gasteiger partial charge in [-0.15, -0.1) is 0 Å². The largest absolute Gasteiger partial charge is 0.478 e. The Morgan fingerprint density at radius 3 is 1.93 bits per heavy atom. The third-order valence-electron chi connectivity index (χ3n) is 1.36. The van der Waals surface area contributed by atoms with E-state index in [1.165, 1.54) is 0 Å².